The Morgan fingerprint density at radius 1 is 0.739 bits per heavy atom. The van der Waals surface area contributed by atoms with Crippen LogP contribution in [0.4, 0.5) is 0 Å². The first-order valence-corrected chi connectivity index (χ1v) is 8.53. The van der Waals surface area contributed by atoms with Gasteiger partial charge in [-0.3, -0.25) is 0 Å². The fourth-order valence-corrected chi connectivity index (χ4v) is 3.49. The van der Waals surface area contributed by atoms with Gasteiger partial charge in [0.1, 0.15) is 0 Å². The van der Waals surface area contributed by atoms with Crippen molar-refractivity contribution in [1.82, 2.24) is 0 Å². The van der Waals surface area contributed by atoms with Crippen molar-refractivity contribution < 1.29 is 0 Å². The van der Waals surface area contributed by atoms with Gasteiger partial charge in [-0.2, -0.15) is 0 Å². The minimum atomic E-state index is 1.06. The first-order valence-electron chi connectivity index (χ1n) is 8.53. The molecule has 3 aromatic carbocycles. The van der Waals surface area contributed by atoms with Crippen LogP contribution < -0.4 is 0 Å². The predicted octanol–water partition coefficient (Wildman–Crippen LogP) is 6.72. The third-order valence-electron chi connectivity index (χ3n) is 4.55. The molecule has 1 aliphatic carbocycles. The number of benzene rings is 3. The van der Waals surface area contributed by atoms with Gasteiger partial charge in [-0.15, -0.1) is 0 Å². The molecule has 4 rings (SSSR count). The average molecular weight is 300 g/mol. The fourth-order valence-electron chi connectivity index (χ4n) is 3.49. The molecule has 0 atom stereocenters. The Balaban J connectivity index is 0.000000753. The van der Waals surface area contributed by atoms with Crippen molar-refractivity contribution in [3.8, 4) is 11.1 Å². The van der Waals surface area contributed by atoms with E-state index < -0.39 is 0 Å². The normalized spacial score (nSPS) is 12.0. The molecule has 0 fully saturated rings. The molecule has 0 unspecified atom stereocenters. The third kappa shape index (κ3) is 2.59. The van der Waals surface area contributed by atoms with E-state index in [2.05, 4.69) is 74.5 Å². The molecule has 23 heavy (non-hydrogen) atoms. The van der Waals surface area contributed by atoms with Crippen molar-refractivity contribution in [3.63, 3.8) is 0 Å². The van der Waals surface area contributed by atoms with Crippen LogP contribution in [0.3, 0.4) is 0 Å². The Morgan fingerprint density at radius 3 is 2.26 bits per heavy atom. The number of fused-ring (bicyclic) bond motifs is 2. The molecule has 0 heterocycles. The highest BCUT2D eigenvalue weighted by atomic mass is 14.2. The van der Waals surface area contributed by atoms with Gasteiger partial charge < -0.3 is 0 Å². The Bertz CT molecular complexity index is 882. The molecular formula is C23H24. The number of allylic oxidation sites excluding steroid dienone is 1. The van der Waals surface area contributed by atoms with Gasteiger partial charge >= 0.3 is 0 Å². The monoisotopic (exact) mass is 300 g/mol. The van der Waals surface area contributed by atoms with Crippen LogP contribution in [0, 0.1) is 13.8 Å². The fraction of sp³-hybridized carbons (Fsp3) is 0.217. The minimum absolute atomic E-state index is 1.06. The van der Waals surface area contributed by atoms with Gasteiger partial charge in [-0.25, -0.2) is 0 Å². The molecule has 0 heteroatoms. The van der Waals surface area contributed by atoms with E-state index in [-0.39, 0.29) is 0 Å². The van der Waals surface area contributed by atoms with Crippen molar-refractivity contribution in [3.05, 3.63) is 76.9 Å². The summed E-state index contributed by atoms with van der Waals surface area (Å²) in [5, 5.41) is 2.67. The summed E-state index contributed by atoms with van der Waals surface area (Å²) in [4.78, 5) is 0. The molecule has 0 amide bonds. The lowest BCUT2D eigenvalue weighted by atomic mass is 9.87. The Labute approximate surface area is 139 Å². The standard InChI is InChI=1S/C21H18.C2H6/c1-14-10-12-16-6-3-4-8-18(16)20(14)21-15(2)11-13-17-7-5-9-19(17)21;1-2/h3-6,8-13H,7H2,1-2H3;1-2H3. The number of aryl methyl sites for hydroxylation is 2. The molecule has 0 spiro atoms. The Morgan fingerprint density at radius 2 is 1.43 bits per heavy atom. The van der Waals surface area contributed by atoms with Gasteiger partial charge in [-0.05, 0) is 64.4 Å². The first kappa shape index (κ1) is 15.6. The zero-order chi connectivity index (χ0) is 16.4. The van der Waals surface area contributed by atoms with Crippen molar-refractivity contribution in [2.24, 2.45) is 0 Å². The van der Waals surface area contributed by atoms with Crippen LogP contribution in [0.5, 0.6) is 0 Å². The molecule has 116 valence electrons. The summed E-state index contributed by atoms with van der Waals surface area (Å²) in [6, 6.07) is 17.7. The number of rotatable bonds is 1. The first-order chi connectivity index (χ1) is 11.3. The predicted molar refractivity (Wildman–Crippen MR) is 103 cm³/mol. The second kappa shape index (κ2) is 6.42. The molecule has 0 saturated carbocycles. The van der Waals surface area contributed by atoms with Gasteiger partial charge in [0.05, 0.1) is 0 Å². The molecule has 0 saturated heterocycles. The highest BCUT2D eigenvalue weighted by Gasteiger charge is 2.17. The van der Waals surface area contributed by atoms with Gasteiger partial charge in [0.2, 0.25) is 0 Å². The van der Waals surface area contributed by atoms with Gasteiger partial charge in [0.15, 0.2) is 0 Å². The number of hydrogen-bond acceptors (Lipinski definition) is 0. The van der Waals surface area contributed by atoms with Crippen LogP contribution in [0.15, 0.2) is 54.6 Å². The lowest BCUT2D eigenvalue weighted by Crippen LogP contribution is -1.94. The maximum absolute atomic E-state index is 2.29. The zero-order valence-corrected chi connectivity index (χ0v) is 14.5. The Hall–Kier alpha value is -2.34. The summed E-state index contributed by atoms with van der Waals surface area (Å²) >= 11 is 0. The summed E-state index contributed by atoms with van der Waals surface area (Å²) in [5.41, 5.74) is 8.38. The quantitative estimate of drug-likeness (QED) is 0.468. The van der Waals surface area contributed by atoms with Crippen LogP contribution in [0.2, 0.25) is 0 Å². The van der Waals surface area contributed by atoms with Gasteiger partial charge in [-0.1, -0.05) is 74.5 Å². The maximum Gasteiger partial charge on any atom is -0.00673 e. The maximum atomic E-state index is 2.29. The van der Waals surface area contributed by atoms with Crippen molar-refractivity contribution >= 4 is 16.8 Å². The number of hydrogen-bond donors (Lipinski definition) is 0. The summed E-state index contributed by atoms with van der Waals surface area (Å²) in [7, 11) is 0. The average Bonchev–Trinajstić information content (AvgIpc) is 3.06. The lowest BCUT2D eigenvalue weighted by molar-refractivity contribution is 1.29. The van der Waals surface area contributed by atoms with E-state index in [1.807, 2.05) is 13.8 Å². The lowest BCUT2D eigenvalue weighted by Gasteiger charge is -2.17. The van der Waals surface area contributed by atoms with Crippen molar-refractivity contribution in [2.75, 3.05) is 0 Å². The molecule has 3 aromatic rings. The van der Waals surface area contributed by atoms with Crippen LogP contribution in [0.1, 0.15) is 36.1 Å². The smallest absolute Gasteiger partial charge is 0.00673 e. The summed E-state index contributed by atoms with van der Waals surface area (Å²) in [5.74, 6) is 0. The molecule has 0 N–H and O–H groups in total. The topological polar surface area (TPSA) is 0 Å². The second-order valence-electron chi connectivity index (χ2n) is 5.92. The van der Waals surface area contributed by atoms with Gasteiger partial charge in [0.25, 0.3) is 0 Å². The van der Waals surface area contributed by atoms with Crippen molar-refractivity contribution in [1.29, 1.82) is 0 Å². The van der Waals surface area contributed by atoms with Crippen LogP contribution in [-0.4, -0.2) is 0 Å². The largest absolute Gasteiger partial charge is 0.0795 e. The van der Waals surface area contributed by atoms with Crippen LogP contribution in [0.25, 0.3) is 28.0 Å². The third-order valence-corrected chi connectivity index (χ3v) is 4.55. The minimum Gasteiger partial charge on any atom is -0.0795 e. The van der Waals surface area contributed by atoms with E-state index in [0.717, 1.165) is 6.42 Å². The highest BCUT2D eigenvalue weighted by Crippen LogP contribution is 2.39. The molecular weight excluding hydrogens is 276 g/mol. The van der Waals surface area contributed by atoms with Gasteiger partial charge in [0, 0.05) is 0 Å². The molecule has 0 aliphatic heterocycles. The molecule has 0 bridgehead atoms. The molecule has 0 aromatic heterocycles. The summed E-state index contributed by atoms with van der Waals surface area (Å²) < 4.78 is 0. The molecule has 1 aliphatic rings. The highest BCUT2D eigenvalue weighted by molar-refractivity contribution is 6.01. The van der Waals surface area contributed by atoms with Crippen LogP contribution in [-0.2, 0) is 6.42 Å². The summed E-state index contributed by atoms with van der Waals surface area (Å²) in [6.07, 6.45) is 5.62. The van der Waals surface area contributed by atoms with E-state index >= 15 is 0 Å². The van der Waals surface area contributed by atoms with E-state index in [0.29, 0.717) is 0 Å². The second-order valence-corrected chi connectivity index (χ2v) is 5.92. The van der Waals surface area contributed by atoms with E-state index in [1.54, 1.807) is 0 Å². The summed E-state index contributed by atoms with van der Waals surface area (Å²) in [6.45, 7) is 8.45. The Kier molecular flexibility index (Phi) is 4.34. The molecule has 0 radical (unpaired) electrons. The van der Waals surface area contributed by atoms with Crippen LogP contribution >= 0.6 is 0 Å². The zero-order valence-electron chi connectivity index (χ0n) is 14.5. The van der Waals surface area contributed by atoms with E-state index in [1.165, 1.54) is 44.2 Å². The van der Waals surface area contributed by atoms with Crippen molar-refractivity contribution in [2.45, 2.75) is 34.1 Å². The SMILES string of the molecule is CC.Cc1ccc2c(c1-c1c(C)ccc3ccccc13)C=CC2. The molecule has 0 nitrogen and oxygen atoms in total. The van der Waals surface area contributed by atoms with E-state index in [9.17, 15) is 0 Å². The van der Waals surface area contributed by atoms with E-state index in [4.69, 9.17) is 0 Å².